The fourth-order valence-corrected chi connectivity index (χ4v) is 2.71. The summed E-state index contributed by atoms with van der Waals surface area (Å²) in [5.74, 6) is 1.11. The standard InChI is InChI=1S/C18H16ClNO4/c1-22-13-4-5-14-11(10-24-17(14)9-13)7-18(21)20-12-3-6-16(23-2)15(19)8-12/h3-6,8-10H,7H2,1-2H3,(H,20,21). The number of hydrogen-bond acceptors (Lipinski definition) is 4. The lowest BCUT2D eigenvalue weighted by Crippen LogP contribution is -2.14. The van der Waals surface area contributed by atoms with Crippen LogP contribution >= 0.6 is 11.6 Å². The Kier molecular flexibility index (Phi) is 4.62. The summed E-state index contributed by atoms with van der Waals surface area (Å²) in [7, 11) is 3.14. The van der Waals surface area contributed by atoms with Gasteiger partial charge in [0.05, 0.1) is 31.9 Å². The van der Waals surface area contributed by atoms with Crippen LogP contribution in [0.2, 0.25) is 5.02 Å². The summed E-state index contributed by atoms with van der Waals surface area (Å²) in [6.07, 6.45) is 1.79. The van der Waals surface area contributed by atoms with Gasteiger partial charge in [0.2, 0.25) is 5.91 Å². The number of fused-ring (bicyclic) bond motifs is 1. The van der Waals surface area contributed by atoms with E-state index in [0.29, 0.717) is 27.8 Å². The van der Waals surface area contributed by atoms with Crippen molar-refractivity contribution < 1.29 is 18.7 Å². The minimum atomic E-state index is -0.158. The van der Waals surface area contributed by atoms with Gasteiger partial charge in [0.1, 0.15) is 17.1 Å². The van der Waals surface area contributed by atoms with Gasteiger partial charge in [-0.3, -0.25) is 4.79 Å². The summed E-state index contributed by atoms with van der Waals surface area (Å²) in [6, 6.07) is 10.6. The van der Waals surface area contributed by atoms with Crippen molar-refractivity contribution in [3.05, 3.63) is 53.2 Å². The molecular formula is C18H16ClNO4. The minimum Gasteiger partial charge on any atom is -0.497 e. The van der Waals surface area contributed by atoms with Crippen LogP contribution in [0.4, 0.5) is 5.69 Å². The zero-order chi connectivity index (χ0) is 17.1. The van der Waals surface area contributed by atoms with Gasteiger partial charge in [0.15, 0.2) is 0 Å². The first-order valence-corrected chi connectivity index (χ1v) is 7.66. The fourth-order valence-electron chi connectivity index (χ4n) is 2.45. The van der Waals surface area contributed by atoms with E-state index in [2.05, 4.69) is 5.32 Å². The lowest BCUT2D eigenvalue weighted by Gasteiger charge is -2.07. The Morgan fingerprint density at radius 1 is 1.17 bits per heavy atom. The predicted molar refractivity (Wildman–Crippen MR) is 93.1 cm³/mol. The molecule has 1 amide bonds. The number of ether oxygens (including phenoxy) is 2. The molecule has 0 atom stereocenters. The molecule has 0 saturated heterocycles. The van der Waals surface area contributed by atoms with Gasteiger partial charge in [-0.15, -0.1) is 0 Å². The van der Waals surface area contributed by atoms with Crippen LogP contribution in [-0.4, -0.2) is 20.1 Å². The molecule has 0 radical (unpaired) electrons. The maximum absolute atomic E-state index is 12.3. The van der Waals surface area contributed by atoms with Crippen LogP contribution in [0.25, 0.3) is 11.0 Å². The number of benzene rings is 2. The van der Waals surface area contributed by atoms with E-state index in [-0.39, 0.29) is 12.3 Å². The maximum atomic E-state index is 12.3. The molecule has 0 unspecified atom stereocenters. The van der Waals surface area contributed by atoms with Crippen molar-refractivity contribution in [1.82, 2.24) is 0 Å². The highest BCUT2D eigenvalue weighted by atomic mass is 35.5. The average molecular weight is 346 g/mol. The second-order valence-corrected chi connectivity index (χ2v) is 5.60. The number of carbonyl (C=O) groups excluding carboxylic acids is 1. The van der Waals surface area contributed by atoms with E-state index in [4.69, 9.17) is 25.5 Å². The lowest BCUT2D eigenvalue weighted by molar-refractivity contribution is -0.115. The Bertz CT molecular complexity index is 888. The number of nitrogens with one attached hydrogen (secondary N) is 1. The number of rotatable bonds is 5. The Morgan fingerprint density at radius 3 is 2.71 bits per heavy atom. The van der Waals surface area contributed by atoms with Gasteiger partial charge in [-0.1, -0.05) is 11.6 Å². The summed E-state index contributed by atoms with van der Waals surface area (Å²) >= 11 is 6.06. The lowest BCUT2D eigenvalue weighted by atomic mass is 10.1. The highest BCUT2D eigenvalue weighted by molar-refractivity contribution is 6.32. The van der Waals surface area contributed by atoms with Crippen molar-refractivity contribution in [3.63, 3.8) is 0 Å². The molecule has 1 N–H and O–H groups in total. The topological polar surface area (TPSA) is 60.7 Å². The summed E-state index contributed by atoms with van der Waals surface area (Å²) in [6.45, 7) is 0. The Labute approximate surface area is 144 Å². The van der Waals surface area contributed by atoms with Crippen molar-refractivity contribution in [1.29, 1.82) is 0 Å². The number of halogens is 1. The molecule has 0 spiro atoms. The van der Waals surface area contributed by atoms with E-state index in [1.54, 1.807) is 44.7 Å². The summed E-state index contributed by atoms with van der Waals surface area (Å²) < 4.78 is 15.7. The van der Waals surface area contributed by atoms with Crippen LogP contribution < -0.4 is 14.8 Å². The molecule has 2 aromatic carbocycles. The van der Waals surface area contributed by atoms with Gasteiger partial charge in [-0.25, -0.2) is 0 Å². The van der Waals surface area contributed by atoms with Gasteiger partial charge in [-0.05, 0) is 30.3 Å². The predicted octanol–water partition coefficient (Wildman–Crippen LogP) is 4.28. The average Bonchev–Trinajstić information content (AvgIpc) is 2.97. The number of furan rings is 1. The smallest absolute Gasteiger partial charge is 0.228 e. The molecule has 1 heterocycles. The molecule has 6 heteroatoms. The molecule has 0 saturated carbocycles. The summed E-state index contributed by atoms with van der Waals surface area (Å²) in [5.41, 5.74) is 2.11. The molecular weight excluding hydrogens is 330 g/mol. The van der Waals surface area contributed by atoms with Crippen molar-refractivity contribution in [2.24, 2.45) is 0 Å². The van der Waals surface area contributed by atoms with Gasteiger partial charge in [-0.2, -0.15) is 0 Å². The second kappa shape index (κ2) is 6.84. The van der Waals surface area contributed by atoms with Gasteiger partial charge in [0, 0.05) is 22.7 Å². The highest BCUT2D eigenvalue weighted by Gasteiger charge is 2.12. The van der Waals surface area contributed by atoms with Crippen molar-refractivity contribution in [2.45, 2.75) is 6.42 Å². The van der Waals surface area contributed by atoms with E-state index in [9.17, 15) is 4.79 Å². The third kappa shape index (κ3) is 3.31. The molecule has 3 rings (SSSR count). The minimum absolute atomic E-state index is 0.158. The van der Waals surface area contributed by atoms with Gasteiger partial charge in [0.25, 0.3) is 0 Å². The van der Waals surface area contributed by atoms with Crippen LogP contribution in [0.1, 0.15) is 5.56 Å². The first-order valence-electron chi connectivity index (χ1n) is 7.28. The largest absolute Gasteiger partial charge is 0.497 e. The van der Waals surface area contributed by atoms with E-state index in [1.165, 1.54) is 0 Å². The number of amides is 1. The van der Waals surface area contributed by atoms with Gasteiger partial charge >= 0.3 is 0 Å². The Hall–Kier alpha value is -2.66. The van der Waals surface area contributed by atoms with Crippen LogP contribution in [0.5, 0.6) is 11.5 Å². The van der Waals surface area contributed by atoms with Crippen molar-refractivity contribution in [2.75, 3.05) is 19.5 Å². The molecule has 0 fully saturated rings. The summed E-state index contributed by atoms with van der Waals surface area (Å²) in [4.78, 5) is 12.3. The quantitative estimate of drug-likeness (QED) is 0.749. The number of carbonyl (C=O) groups is 1. The molecule has 1 aromatic heterocycles. The normalized spacial score (nSPS) is 10.6. The third-order valence-corrected chi connectivity index (χ3v) is 3.94. The van der Waals surface area contributed by atoms with E-state index in [1.807, 2.05) is 12.1 Å². The summed E-state index contributed by atoms with van der Waals surface area (Å²) in [5, 5.41) is 4.14. The Morgan fingerprint density at radius 2 is 2.00 bits per heavy atom. The monoisotopic (exact) mass is 345 g/mol. The second-order valence-electron chi connectivity index (χ2n) is 5.20. The maximum Gasteiger partial charge on any atom is 0.228 e. The number of methoxy groups -OCH3 is 2. The zero-order valence-corrected chi connectivity index (χ0v) is 14.0. The molecule has 3 aromatic rings. The first kappa shape index (κ1) is 16.2. The first-order chi connectivity index (χ1) is 11.6. The fraction of sp³-hybridized carbons (Fsp3) is 0.167. The van der Waals surface area contributed by atoms with E-state index in [0.717, 1.165) is 10.9 Å². The SMILES string of the molecule is COc1ccc2c(CC(=O)Nc3ccc(OC)c(Cl)c3)coc2c1. The van der Waals surface area contributed by atoms with Crippen LogP contribution in [-0.2, 0) is 11.2 Å². The van der Waals surface area contributed by atoms with Gasteiger partial charge < -0.3 is 19.2 Å². The highest BCUT2D eigenvalue weighted by Crippen LogP contribution is 2.28. The molecule has 0 aliphatic heterocycles. The zero-order valence-electron chi connectivity index (χ0n) is 13.3. The molecule has 5 nitrogen and oxygen atoms in total. The number of anilines is 1. The number of hydrogen-bond donors (Lipinski definition) is 1. The van der Waals surface area contributed by atoms with Crippen LogP contribution in [0.3, 0.4) is 0 Å². The molecule has 0 aliphatic rings. The van der Waals surface area contributed by atoms with Crippen LogP contribution in [0, 0.1) is 0 Å². The molecule has 124 valence electrons. The third-order valence-electron chi connectivity index (χ3n) is 3.65. The van der Waals surface area contributed by atoms with E-state index < -0.39 is 0 Å². The van der Waals surface area contributed by atoms with Crippen molar-refractivity contribution >= 4 is 34.2 Å². The van der Waals surface area contributed by atoms with Crippen LogP contribution in [0.15, 0.2) is 47.1 Å². The molecule has 0 bridgehead atoms. The van der Waals surface area contributed by atoms with Crippen molar-refractivity contribution in [3.8, 4) is 11.5 Å². The van der Waals surface area contributed by atoms with E-state index >= 15 is 0 Å². The molecule has 24 heavy (non-hydrogen) atoms. The molecule has 0 aliphatic carbocycles. The Balaban J connectivity index is 1.74.